The van der Waals surface area contributed by atoms with Gasteiger partial charge in [-0.1, -0.05) is 32.9 Å². The molecule has 0 aliphatic carbocycles. The van der Waals surface area contributed by atoms with E-state index >= 15 is 0 Å². The number of nitrogens with zero attached hydrogens (tertiary/aromatic N) is 1. The number of nitrogens with one attached hydrogen (secondary N) is 1. The predicted octanol–water partition coefficient (Wildman–Crippen LogP) is 4.16. The molecule has 0 bridgehead atoms. The number of amides is 1. The van der Waals surface area contributed by atoms with Gasteiger partial charge in [-0.05, 0) is 68.8 Å². The van der Waals surface area contributed by atoms with Crippen LogP contribution in [0.1, 0.15) is 57.6 Å². The second-order valence-electron chi connectivity index (χ2n) is 7.53. The summed E-state index contributed by atoms with van der Waals surface area (Å²) in [4.78, 5) is 14.7. The summed E-state index contributed by atoms with van der Waals surface area (Å²) in [5.41, 5.74) is 2.32. The maximum atomic E-state index is 12.8. The van der Waals surface area contributed by atoms with Gasteiger partial charge in [-0.15, -0.1) is 12.4 Å². The molecule has 0 saturated carbocycles. The molecule has 1 N–H and O–H groups in total. The third-order valence-corrected chi connectivity index (χ3v) is 5.05. The Kier molecular flexibility index (Phi) is 9.45. The van der Waals surface area contributed by atoms with E-state index in [4.69, 9.17) is 4.74 Å². The maximum Gasteiger partial charge on any atom is 0.263 e. The van der Waals surface area contributed by atoms with Gasteiger partial charge in [0.15, 0.2) is 6.10 Å². The Morgan fingerprint density at radius 2 is 1.92 bits per heavy atom. The minimum Gasteiger partial charge on any atom is -0.481 e. The van der Waals surface area contributed by atoms with Gasteiger partial charge in [-0.2, -0.15) is 0 Å². The van der Waals surface area contributed by atoms with E-state index in [1.807, 2.05) is 17.9 Å². The zero-order valence-electron chi connectivity index (χ0n) is 16.9. The lowest BCUT2D eigenvalue weighted by Crippen LogP contribution is -2.46. The smallest absolute Gasteiger partial charge is 0.263 e. The highest BCUT2D eigenvalue weighted by molar-refractivity contribution is 5.85. The lowest BCUT2D eigenvalue weighted by molar-refractivity contribution is -0.139. The SMILES string of the molecule is CCNCC1CCN(C(=O)C(C)Oc2cc(C)ccc2C(C)C)CC1.Cl. The van der Waals surface area contributed by atoms with Crippen LogP contribution in [0.15, 0.2) is 18.2 Å². The first kappa shape index (κ1) is 22.8. The molecular weight excluding hydrogens is 348 g/mol. The number of benzene rings is 1. The van der Waals surface area contributed by atoms with Crippen molar-refractivity contribution in [3.05, 3.63) is 29.3 Å². The number of hydrogen-bond acceptors (Lipinski definition) is 3. The average Bonchev–Trinajstić information content (AvgIpc) is 2.59. The molecule has 1 aromatic carbocycles. The van der Waals surface area contributed by atoms with Crippen molar-refractivity contribution in [3.8, 4) is 5.75 Å². The van der Waals surface area contributed by atoms with Crippen LogP contribution in [0.2, 0.25) is 0 Å². The molecule has 2 rings (SSSR count). The minimum atomic E-state index is -0.440. The van der Waals surface area contributed by atoms with E-state index in [1.54, 1.807) is 0 Å². The highest BCUT2D eigenvalue weighted by Gasteiger charge is 2.27. The summed E-state index contributed by atoms with van der Waals surface area (Å²) < 4.78 is 6.09. The summed E-state index contributed by atoms with van der Waals surface area (Å²) in [6.07, 6.45) is 1.71. The predicted molar refractivity (Wildman–Crippen MR) is 110 cm³/mol. The van der Waals surface area contributed by atoms with E-state index in [-0.39, 0.29) is 18.3 Å². The zero-order valence-corrected chi connectivity index (χ0v) is 17.7. The number of ether oxygens (including phenoxy) is 1. The molecule has 26 heavy (non-hydrogen) atoms. The number of likely N-dealkylation sites (tertiary alicyclic amines) is 1. The van der Waals surface area contributed by atoms with Crippen LogP contribution in [0.3, 0.4) is 0 Å². The first-order chi connectivity index (χ1) is 11.9. The van der Waals surface area contributed by atoms with Crippen molar-refractivity contribution in [2.24, 2.45) is 5.92 Å². The molecule has 0 aromatic heterocycles. The van der Waals surface area contributed by atoms with Crippen LogP contribution in [-0.4, -0.2) is 43.1 Å². The van der Waals surface area contributed by atoms with Gasteiger partial charge >= 0.3 is 0 Å². The molecule has 1 atom stereocenters. The standard InChI is InChI=1S/C21H34N2O2.ClH/c1-6-22-14-18-9-11-23(12-10-18)21(24)17(5)25-20-13-16(4)7-8-19(20)15(2)3;/h7-8,13,15,17-18,22H,6,9-12,14H2,1-5H3;1H. The highest BCUT2D eigenvalue weighted by Crippen LogP contribution is 2.29. The van der Waals surface area contributed by atoms with Gasteiger partial charge in [-0.3, -0.25) is 4.79 Å². The van der Waals surface area contributed by atoms with Crippen molar-refractivity contribution in [2.45, 2.75) is 59.5 Å². The first-order valence-electron chi connectivity index (χ1n) is 9.69. The number of carbonyl (C=O) groups excluding carboxylic acids is 1. The molecule has 148 valence electrons. The van der Waals surface area contributed by atoms with Gasteiger partial charge < -0.3 is 15.0 Å². The molecule has 1 saturated heterocycles. The maximum absolute atomic E-state index is 12.8. The van der Waals surface area contributed by atoms with Crippen LogP contribution in [0.4, 0.5) is 0 Å². The summed E-state index contributed by atoms with van der Waals surface area (Å²) in [5, 5.41) is 3.41. The van der Waals surface area contributed by atoms with E-state index in [1.165, 1.54) is 0 Å². The number of halogens is 1. The van der Waals surface area contributed by atoms with Gasteiger partial charge in [0.05, 0.1) is 0 Å². The Morgan fingerprint density at radius 1 is 1.27 bits per heavy atom. The molecule has 1 amide bonds. The van der Waals surface area contributed by atoms with Crippen molar-refractivity contribution >= 4 is 18.3 Å². The molecule has 1 aromatic rings. The topological polar surface area (TPSA) is 41.6 Å². The average molecular weight is 383 g/mol. The molecule has 0 spiro atoms. The lowest BCUT2D eigenvalue weighted by atomic mass is 9.96. The summed E-state index contributed by atoms with van der Waals surface area (Å²) in [7, 11) is 0. The van der Waals surface area contributed by atoms with E-state index in [9.17, 15) is 4.79 Å². The summed E-state index contributed by atoms with van der Waals surface area (Å²) >= 11 is 0. The quantitative estimate of drug-likeness (QED) is 0.769. The second kappa shape index (κ2) is 10.8. The normalized spacial score (nSPS) is 16.3. The summed E-state index contributed by atoms with van der Waals surface area (Å²) in [6, 6.07) is 6.25. The van der Waals surface area contributed by atoms with Gasteiger partial charge in [0.1, 0.15) is 5.75 Å². The second-order valence-corrected chi connectivity index (χ2v) is 7.53. The van der Waals surface area contributed by atoms with Gasteiger partial charge in [0.2, 0.25) is 0 Å². The Bertz CT molecular complexity index is 569. The molecule has 1 unspecified atom stereocenters. The lowest BCUT2D eigenvalue weighted by Gasteiger charge is -2.33. The molecule has 1 heterocycles. The van der Waals surface area contributed by atoms with Crippen LogP contribution in [0.5, 0.6) is 5.75 Å². The van der Waals surface area contributed by atoms with Crippen LogP contribution < -0.4 is 10.1 Å². The van der Waals surface area contributed by atoms with E-state index in [0.717, 1.165) is 55.9 Å². The number of aryl methyl sites for hydroxylation is 1. The third kappa shape index (κ3) is 6.17. The zero-order chi connectivity index (χ0) is 18.4. The Labute approximate surface area is 165 Å². The highest BCUT2D eigenvalue weighted by atomic mass is 35.5. The van der Waals surface area contributed by atoms with Crippen LogP contribution in [0, 0.1) is 12.8 Å². The monoisotopic (exact) mass is 382 g/mol. The Hall–Kier alpha value is -1.26. The van der Waals surface area contributed by atoms with Crippen molar-refractivity contribution in [2.75, 3.05) is 26.2 Å². The number of hydrogen-bond donors (Lipinski definition) is 1. The van der Waals surface area contributed by atoms with Crippen LogP contribution >= 0.6 is 12.4 Å². The fourth-order valence-corrected chi connectivity index (χ4v) is 3.42. The fraction of sp³-hybridized carbons (Fsp3) is 0.667. The molecule has 1 fully saturated rings. The largest absolute Gasteiger partial charge is 0.481 e. The summed E-state index contributed by atoms with van der Waals surface area (Å²) in [5.74, 6) is 2.01. The van der Waals surface area contributed by atoms with E-state index in [0.29, 0.717) is 11.8 Å². The van der Waals surface area contributed by atoms with E-state index in [2.05, 4.69) is 45.1 Å². The molecule has 5 heteroatoms. The fourth-order valence-electron chi connectivity index (χ4n) is 3.42. The van der Waals surface area contributed by atoms with Crippen LogP contribution in [0.25, 0.3) is 0 Å². The minimum absolute atomic E-state index is 0. The third-order valence-electron chi connectivity index (χ3n) is 5.05. The summed E-state index contributed by atoms with van der Waals surface area (Å²) in [6.45, 7) is 14.1. The molecule has 0 radical (unpaired) electrons. The Morgan fingerprint density at radius 3 is 2.50 bits per heavy atom. The number of piperidine rings is 1. The molecule has 1 aliphatic rings. The van der Waals surface area contributed by atoms with E-state index < -0.39 is 6.10 Å². The van der Waals surface area contributed by atoms with Gasteiger partial charge in [-0.25, -0.2) is 0 Å². The van der Waals surface area contributed by atoms with Crippen molar-refractivity contribution in [3.63, 3.8) is 0 Å². The number of carbonyl (C=O) groups is 1. The van der Waals surface area contributed by atoms with Crippen molar-refractivity contribution in [1.29, 1.82) is 0 Å². The first-order valence-corrected chi connectivity index (χ1v) is 9.69. The van der Waals surface area contributed by atoms with Gasteiger partial charge in [0.25, 0.3) is 5.91 Å². The molecule has 1 aliphatic heterocycles. The number of rotatable bonds is 7. The van der Waals surface area contributed by atoms with Crippen molar-refractivity contribution < 1.29 is 9.53 Å². The molecule has 4 nitrogen and oxygen atoms in total. The molecular formula is C21H35ClN2O2. The van der Waals surface area contributed by atoms with Gasteiger partial charge in [0, 0.05) is 13.1 Å². The van der Waals surface area contributed by atoms with Crippen LogP contribution in [-0.2, 0) is 4.79 Å². The van der Waals surface area contributed by atoms with Crippen molar-refractivity contribution in [1.82, 2.24) is 10.2 Å². The Balaban J connectivity index is 0.00000338.